The van der Waals surface area contributed by atoms with Crippen LogP contribution >= 0.6 is 0 Å². The number of rotatable bonds is 3. The molecule has 0 amide bonds. The minimum Gasteiger partial charge on any atom is -0.0850 e. The van der Waals surface area contributed by atoms with Crippen LogP contribution in [0.25, 0.3) is 0 Å². The fourth-order valence-corrected chi connectivity index (χ4v) is 1.55. The van der Waals surface area contributed by atoms with Crippen LogP contribution in [0.3, 0.4) is 0 Å². The van der Waals surface area contributed by atoms with Gasteiger partial charge in [0.2, 0.25) is 0 Å². The standard InChI is InChI=1S/C11H19/c1-2-3-8-11-9-6-4-5-7-10-11/h8-9H,2-7,10H2,1H3. The first kappa shape index (κ1) is 8.83. The van der Waals surface area contributed by atoms with Crippen LogP contribution in [0.1, 0.15) is 51.9 Å². The summed E-state index contributed by atoms with van der Waals surface area (Å²) in [7, 11) is 0. The molecule has 0 heteroatoms. The molecule has 0 bridgehead atoms. The highest BCUT2D eigenvalue weighted by Crippen LogP contribution is 2.20. The first-order chi connectivity index (χ1) is 5.43. The largest absolute Gasteiger partial charge is 0.0850 e. The van der Waals surface area contributed by atoms with E-state index < -0.39 is 0 Å². The lowest BCUT2D eigenvalue weighted by atomic mass is 10.0. The molecule has 0 aromatic rings. The van der Waals surface area contributed by atoms with E-state index in [2.05, 4.69) is 19.4 Å². The van der Waals surface area contributed by atoms with Crippen LogP contribution in [-0.2, 0) is 0 Å². The van der Waals surface area contributed by atoms with E-state index in [0.717, 1.165) is 0 Å². The van der Waals surface area contributed by atoms with Gasteiger partial charge in [0, 0.05) is 0 Å². The van der Waals surface area contributed by atoms with Gasteiger partial charge in [0.1, 0.15) is 0 Å². The van der Waals surface area contributed by atoms with Crippen molar-refractivity contribution in [2.75, 3.05) is 0 Å². The van der Waals surface area contributed by atoms with Gasteiger partial charge in [0.05, 0.1) is 0 Å². The Kier molecular flexibility index (Phi) is 4.33. The summed E-state index contributed by atoms with van der Waals surface area (Å²) in [6.45, 7) is 2.24. The number of hydrogen-bond donors (Lipinski definition) is 0. The van der Waals surface area contributed by atoms with Gasteiger partial charge in [0.25, 0.3) is 0 Å². The Hall–Kier alpha value is -0.260. The second-order valence-electron chi connectivity index (χ2n) is 3.37. The third-order valence-electron chi connectivity index (χ3n) is 2.27. The molecular formula is C11H19. The highest BCUT2D eigenvalue weighted by Gasteiger charge is 2.01. The van der Waals surface area contributed by atoms with E-state index in [1.54, 1.807) is 5.57 Å². The molecule has 0 aromatic carbocycles. The molecule has 0 heterocycles. The molecule has 0 spiro atoms. The van der Waals surface area contributed by atoms with E-state index >= 15 is 0 Å². The molecule has 1 aliphatic carbocycles. The van der Waals surface area contributed by atoms with Gasteiger partial charge in [0.15, 0.2) is 0 Å². The van der Waals surface area contributed by atoms with Crippen molar-refractivity contribution in [1.29, 1.82) is 0 Å². The van der Waals surface area contributed by atoms with Crippen LogP contribution in [0.15, 0.2) is 11.6 Å². The molecule has 1 radical (unpaired) electrons. The van der Waals surface area contributed by atoms with Gasteiger partial charge in [-0.1, -0.05) is 31.4 Å². The second kappa shape index (κ2) is 5.40. The Morgan fingerprint density at radius 3 is 3.09 bits per heavy atom. The van der Waals surface area contributed by atoms with Crippen LogP contribution in [0, 0.1) is 6.42 Å². The molecule has 0 saturated carbocycles. The van der Waals surface area contributed by atoms with Crippen molar-refractivity contribution in [2.24, 2.45) is 0 Å². The Morgan fingerprint density at radius 1 is 1.36 bits per heavy atom. The van der Waals surface area contributed by atoms with Gasteiger partial charge in [-0.25, -0.2) is 0 Å². The first-order valence-corrected chi connectivity index (χ1v) is 4.95. The Morgan fingerprint density at radius 2 is 2.27 bits per heavy atom. The highest BCUT2D eigenvalue weighted by atomic mass is 14.1. The van der Waals surface area contributed by atoms with Crippen molar-refractivity contribution < 1.29 is 0 Å². The lowest BCUT2D eigenvalue weighted by Gasteiger charge is -2.01. The minimum absolute atomic E-state index is 1.27. The van der Waals surface area contributed by atoms with Crippen molar-refractivity contribution in [2.45, 2.75) is 51.9 Å². The maximum Gasteiger partial charge on any atom is -0.0138 e. The summed E-state index contributed by atoms with van der Waals surface area (Å²) in [5.41, 5.74) is 1.62. The molecule has 1 aliphatic rings. The predicted octanol–water partition coefficient (Wildman–Crippen LogP) is 3.88. The number of allylic oxidation sites excluding steroid dienone is 2. The summed E-state index contributed by atoms with van der Waals surface area (Å²) in [6.07, 6.45) is 14.3. The van der Waals surface area contributed by atoms with E-state index in [-0.39, 0.29) is 0 Å². The third kappa shape index (κ3) is 3.60. The van der Waals surface area contributed by atoms with E-state index in [0.29, 0.717) is 0 Å². The average Bonchev–Trinajstić information content (AvgIpc) is 2.28. The second-order valence-corrected chi connectivity index (χ2v) is 3.37. The Bertz CT molecular complexity index is 122. The predicted molar refractivity (Wildman–Crippen MR) is 50.4 cm³/mol. The van der Waals surface area contributed by atoms with Crippen LogP contribution in [0.4, 0.5) is 0 Å². The molecule has 11 heavy (non-hydrogen) atoms. The van der Waals surface area contributed by atoms with Gasteiger partial charge in [-0.15, -0.1) is 0 Å². The van der Waals surface area contributed by atoms with E-state index in [4.69, 9.17) is 0 Å². The summed E-state index contributed by atoms with van der Waals surface area (Å²) in [4.78, 5) is 0. The zero-order valence-corrected chi connectivity index (χ0v) is 7.60. The monoisotopic (exact) mass is 151 g/mol. The van der Waals surface area contributed by atoms with Crippen molar-refractivity contribution >= 4 is 0 Å². The summed E-state index contributed by atoms with van der Waals surface area (Å²) in [5, 5.41) is 0. The molecule has 0 aliphatic heterocycles. The minimum atomic E-state index is 1.27. The Labute approximate surface area is 70.7 Å². The molecule has 0 N–H and O–H groups in total. The van der Waals surface area contributed by atoms with Crippen molar-refractivity contribution in [1.82, 2.24) is 0 Å². The number of hydrogen-bond acceptors (Lipinski definition) is 0. The highest BCUT2D eigenvalue weighted by molar-refractivity contribution is 5.13. The first-order valence-electron chi connectivity index (χ1n) is 4.95. The van der Waals surface area contributed by atoms with Gasteiger partial charge < -0.3 is 0 Å². The SMILES string of the molecule is CCC[CH]C1=CCCCCC1. The quantitative estimate of drug-likeness (QED) is 0.574. The molecule has 0 aromatic heterocycles. The fraction of sp³-hybridized carbons (Fsp3) is 0.727. The summed E-state index contributed by atoms with van der Waals surface area (Å²) in [6, 6.07) is 0. The molecule has 0 nitrogen and oxygen atoms in total. The molecule has 0 fully saturated rings. The van der Waals surface area contributed by atoms with E-state index in [1.807, 2.05) is 0 Å². The molecule has 0 saturated heterocycles. The molecular weight excluding hydrogens is 132 g/mol. The van der Waals surface area contributed by atoms with E-state index in [9.17, 15) is 0 Å². The summed E-state index contributed by atoms with van der Waals surface area (Å²) < 4.78 is 0. The van der Waals surface area contributed by atoms with Crippen LogP contribution in [0.5, 0.6) is 0 Å². The van der Waals surface area contributed by atoms with Crippen LogP contribution < -0.4 is 0 Å². The maximum absolute atomic E-state index is 2.43. The zero-order chi connectivity index (χ0) is 7.94. The average molecular weight is 151 g/mol. The molecule has 1 rings (SSSR count). The molecule has 0 atom stereocenters. The lowest BCUT2D eigenvalue weighted by Crippen LogP contribution is -1.83. The van der Waals surface area contributed by atoms with Gasteiger partial charge in [-0.3, -0.25) is 0 Å². The third-order valence-corrected chi connectivity index (χ3v) is 2.27. The van der Waals surface area contributed by atoms with E-state index in [1.165, 1.54) is 44.9 Å². The maximum atomic E-state index is 2.43. The smallest absolute Gasteiger partial charge is 0.0138 e. The number of unbranched alkanes of at least 4 members (excludes halogenated alkanes) is 1. The van der Waals surface area contributed by atoms with Gasteiger partial charge >= 0.3 is 0 Å². The van der Waals surface area contributed by atoms with Crippen molar-refractivity contribution in [3.63, 3.8) is 0 Å². The van der Waals surface area contributed by atoms with Gasteiger partial charge in [-0.2, -0.15) is 0 Å². The van der Waals surface area contributed by atoms with Crippen molar-refractivity contribution in [3.05, 3.63) is 18.1 Å². The van der Waals surface area contributed by atoms with Gasteiger partial charge in [-0.05, 0) is 38.5 Å². The Balaban J connectivity index is 2.23. The summed E-state index contributed by atoms with van der Waals surface area (Å²) in [5.74, 6) is 0. The topological polar surface area (TPSA) is 0 Å². The summed E-state index contributed by atoms with van der Waals surface area (Å²) >= 11 is 0. The van der Waals surface area contributed by atoms with Crippen LogP contribution in [0.2, 0.25) is 0 Å². The van der Waals surface area contributed by atoms with Crippen molar-refractivity contribution in [3.8, 4) is 0 Å². The fourth-order valence-electron chi connectivity index (χ4n) is 1.55. The molecule has 0 unspecified atom stereocenters. The molecule has 63 valence electrons. The lowest BCUT2D eigenvalue weighted by molar-refractivity contribution is 0.709. The zero-order valence-electron chi connectivity index (χ0n) is 7.60. The normalized spacial score (nSPS) is 19.2. The van der Waals surface area contributed by atoms with Crippen LogP contribution in [-0.4, -0.2) is 0 Å².